The molecule has 0 aromatic heterocycles. The molecule has 0 fully saturated rings. The van der Waals surface area contributed by atoms with E-state index in [9.17, 15) is 66.6 Å². The van der Waals surface area contributed by atoms with E-state index in [4.69, 9.17) is 9.47 Å². The number of carboxylic acids is 1. The quantitative estimate of drug-likeness (QED) is 0.0208. The Morgan fingerprint density at radius 2 is 1.36 bits per heavy atom. The third-order valence-corrected chi connectivity index (χ3v) is 16.4. The number of nitrogens with one attached hydrogen (secondary N) is 1. The SMILES string of the molecule is COCCNC(=O)c1cc(S(=O)(=O)O)cc2c3c(ccc12)N(CCOC)C(=CC=CC=CC1=[N+](CCCCCC(=O)O)c2ccc4c(S(=O)(=O)O)cc(S(=O)(=O)O)cc4c2C1(C)C)C3(C)CCCS(=O)(=O)O. The molecule has 6 rings (SSSR count). The summed E-state index contributed by atoms with van der Waals surface area (Å²) in [6.07, 6.45) is 10.2. The predicted octanol–water partition coefficient (Wildman–Crippen LogP) is 6.22. The van der Waals surface area contributed by atoms with Crippen LogP contribution in [0.15, 0.2) is 99.3 Å². The fourth-order valence-corrected chi connectivity index (χ4v) is 12.2. The van der Waals surface area contributed by atoms with Gasteiger partial charge in [0.05, 0.1) is 34.2 Å². The highest BCUT2D eigenvalue weighted by molar-refractivity contribution is 7.87. The number of benzene rings is 4. The maximum absolute atomic E-state index is 13.6. The molecule has 2 aliphatic rings. The number of carbonyl (C=O) groups excluding carboxylic acids is 1. The highest BCUT2D eigenvalue weighted by atomic mass is 32.2. The van der Waals surface area contributed by atoms with Gasteiger partial charge in [0.15, 0.2) is 5.71 Å². The molecule has 390 valence electrons. The first-order valence-corrected chi connectivity index (χ1v) is 28.5. The Bertz CT molecular complexity index is 3420. The van der Waals surface area contributed by atoms with Crippen LogP contribution in [0.5, 0.6) is 0 Å². The van der Waals surface area contributed by atoms with Crippen molar-refractivity contribution < 1.29 is 80.6 Å². The summed E-state index contributed by atoms with van der Waals surface area (Å²) in [7, 11) is -16.3. The van der Waals surface area contributed by atoms with Crippen molar-refractivity contribution in [1.29, 1.82) is 0 Å². The van der Waals surface area contributed by atoms with E-state index >= 15 is 0 Å². The number of hydrogen-bond acceptors (Lipinski definition) is 13. The summed E-state index contributed by atoms with van der Waals surface area (Å²) in [6.45, 7) is 6.55. The Morgan fingerprint density at radius 3 is 1.97 bits per heavy atom. The number of nitrogens with zero attached hydrogens (tertiary/aromatic N) is 2. The molecule has 4 aromatic carbocycles. The number of hydrogen-bond donors (Lipinski definition) is 6. The Balaban J connectivity index is 1.51. The van der Waals surface area contributed by atoms with Gasteiger partial charge in [-0.15, -0.1) is 0 Å². The molecule has 20 nitrogen and oxygen atoms in total. The second-order valence-electron chi connectivity index (χ2n) is 18.2. The Labute approximate surface area is 418 Å². The highest BCUT2D eigenvalue weighted by Gasteiger charge is 2.47. The standard InChI is InChI=1S/C48H57N3O17S4/c1-47(2)41(50(22-11-7-10-15-43(52)53)38-19-17-34-36(44(38)47)28-32(71(61,62)63)30-40(34)72(64,65)66)13-8-6-9-14-42-48(3,20-12-26-69(55,56)57)45-35-27-31(70(58,59)60)29-37(46(54)49-21-24-67-4)33(35)16-18-39(45)51(42)23-25-68-5/h6,8-9,13-14,16-19,27-30H,7,10-12,15,20-26H2,1-5H3,(H5-,49,52,53,54,55,56,57,58,59,60,61,62,63,64,65,66)/p+1. The zero-order chi connectivity index (χ0) is 53.2. The molecule has 1 unspecified atom stereocenters. The van der Waals surface area contributed by atoms with E-state index in [-0.39, 0.29) is 67.3 Å². The summed E-state index contributed by atoms with van der Waals surface area (Å²) in [5.74, 6) is -2.19. The van der Waals surface area contributed by atoms with Crippen LogP contribution < -0.4 is 10.2 Å². The van der Waals surface area contributed by atoms with Crippen molar-refractivity contribution in [2.45, 2.75) is 84.8 Å². The van der Waals surface area contributed by atoms with Crippen LogP contribution in [-0.4, -0.2) is 132 Å². The van der Waals surface area contributed by atoms with E-state index in [2.05, 4.69) is 5.32 Å². The van der Waals surface area contributed by atoms with E-state index in [1.54, 1.807) is 48.6 Å². The first-order chi connectivity index (χ1) is 33.6. The van der Waals surface area contributed by atoms with Crippen molar-refractivity contribution >= 4 is 91.0 Å². The van der Waals surface area contributed by atoms with E-state index in [0.29, 0.717) is 71.2 Å². The molecular weight excluding hydrogens is 1020 g/mol. The minimum atomic E-state index is -5.00. The Kier molecular flexibility index (Phi) is 16.8. The third kappa shape index (κ3) is 12.0. The smallest absolute Gasteiger partial charge is 0.303 e. The average Bonchev–Trinajstić information content (AvgIpc) is 3.64. The number of allylic oxidation sites excluding steroid dienone is 6. The Morgan fingerprint density at radius 1 is 0.722 bits per heavy atom. The largest absolute Gasteiger partial charge is 0.481 e. The molecule has 0 bridgehead atoms. The number of carboxylic acid groups (broad SMARTS) is 1. The van der Waals surface area contributed by atoms with E-state index < -0.39 is 83.6 Å². The van der Waals surface area contributed by atoms with Gasteiger partial charge in [-0.05, 0) is 111 Å². The van der Waals surface area contributed by atoms with Crippen LogP contribution in [0.25, 0.3) is 21.5 Å². The number of unbranched alkanes of at least 4 members (excludes halogenated alkanes) is 2. The first kappa shape index (κ1) is 55.9. The van der Waals surface area contributed by atoms with Crippen LogP contribution in [0, 0.1) is 0 Å². The maximum atomic E-state index is 13.6. The van der Waals surface area contributed by atoms with Crippen molar-refractivity contribution in [2.24, 2.45) is 0 Å². The molecule has 0 saturated carbocycles. The molecule has 0 aliphatic carbocycles. The number of rotatable bonds is 23. The lowest BCUT2D eigenvalue weighted by Crippen LogP contribution is -2.31. The molecular formula is C48H58N3O17S4+. The summed E-state index contributed by atoms with van der Waals surface area (Å²) < 4.78 is 153. The molecule has 2 heterocycles. The molecule has 1 atom stereocenters. The number of carbonyl (C=O) groups is 2. The summed E-state index contributed by atoms with van der Waals surface area (Å²) in [6, 6.07) is 10.7. The van der Waals surface area contributed by atoms with Gasteiger partial charge in [0.25, 0.3) is 46.4 Å². The minimum absolute atomic E-state index is 0.00802. The lowest BCUT2D eigenvalue weighted by Gasteiger charge is -2.30. The molecule has 72 heavy (non-hydrogen) atoms. The highest BCUT2D eigenvalue weighted by Crippen LogP contribution is 2.54. The lowest BCUT2D eigenvalue weighted by atomic mass is 9.75. The number of anilines is 1. The van der Waals surface area contributed by atoms with Gasteiger partial charge in [-0.25, -0.2) is 0 Å². The zero-order valence-corrected chi connectivity index (χ0v) is 43.4. The summed E-state index contributed by atoms with van der Waals surface area (Å²) in [4.78, 5) is 24.8. The van der Waals surface area contributed by atoms with Crippen LogP contribution in [0.3, 0.4) is 0 Å². The number of fused-ring (bicyclic) bond motifs is 6. The summed E-state index contributed by atoms with van der Waals surface area (Å²) in [5.41, 5.74) is 1.22. The molecule has 4 aromatic rings. The summed E-state index contributed by atoms with van der Waals surface area (Å²) in [5, 5.41) is 12.7. The molecule has 1 amide bonds. The molecule has 24 heteroatoms. The monoisotopic (exact) mass is 1080 g/mol. The van der Waals surface area contributed by atoms with Crippen molar-refractivity contribution in [2.75, 3.05) is 57.7 Å². The lowest BCUT2D eigenvalue weighted by molar-refractivity contribution is -0.438. The average molecular weight is 1080 g/mol. The van der Waals surface area contributed by atoms with Crippen LogP contribution in [0.4, 0.5) is 11.4 Å². The summed E-state index contributed by atoms with van der Waals surface area (Å²) >= 11 is 0. The zero-order valence-electron chi connectivity index (χ0n) is 40.2. The fraction of sp³-hybridized carbons (Fsp3) is 0.396. The molecule has 0 saturated heterocycles. The van der Waals surface area contributed by atoms with Gasteiger partial charge < -0.3 is 24.8 Å². The topological polar surface area (TPSA) is 309 Å². The second-order valence-corrected chi connectivity index (χ2v) is 24.0. The number of amides is 1. The predicted molar refractivity (Wildman–Crippen MR) is 269 cm³/mol. The van der Waals surface area contributed by atoms with Gasteiger partial charge in [0, 0.05) is 85.6 Å². The number of methoxy groups -OCH3 is 2. The van der Waals surface area contributed by atoms with E-state index in [0.717, 1.165) is 12.1 Å². The first-order valence-electron chi connectivity index (χ1n) is 22.6. The van der Waals surface area contributed by atoms with Gasteiger partial charge in [0.1, 0.15) is 11.4 Å². The van der Waals surface area contributed by atoms with Crippen LogP contribution in [0.2, 0.25) is 0 Å². The molecule has 2 aliphatic heterocycles. The molecule has 0 radical (unpaired) electrons. The van der Waals surface area contributed by atoms with Crippen LogP contribution in [-0.2, 0) is 65.6 Å². The van der Waals surface area contributed by atoms with Crippen molar-refractivity contribution in [3.8, 4) is 0 Å². The van der Waals surface area contributed by atoms with Crippen LogP contribution >= 0.6 is 0 Å². The second kappa shape index (κ2) is 21.6. The van der Waals surface area contributed by atoms with E-state index in [1.807, 2.05) is 30.2 Å². The third-order valence-electron chi connectivity index (χ3n) is 13.0. The Hall–Kier alpha value is -5.41. The van der Waals surface area contributed by atoms with Crippen molar-refractivity contribution in [1.82, 2.24) is 5.32 Å². The molecule has 0 spiro atoms. The normalized spacial score (nSPS) is 17.8. The number of aliphatic carboxylic acids is 1. The van der Waals surface area contributed by atoms with Gasteiger partial charge in [-0.1, -0.05) is 24.3 Å². The number of ether oxygens (including phenoxy) is 2. The van der Waals surface area contributed by atoms with Gasteiger partial charge >= 0.3 is 5.97 Å². The van der Waals surface area contributed by atoms with Crippen molar-refractivity contribution in [3.05, 3.63) is 101 Å². The van der Waals surface area contributed by atoms with Gasteiger partial charge in [-0.2, -0.15) is 38.2 Å². The van der Waals surface area contributed by atoms with Crippen LogP contribution in [0.1, 0.15) is 80.8 Å². The maximum Gasteiger partial charge on any atom is 0.303 e. The minimum Gasteiger partial charge on any atom is -0.481 e. The van der Waals surface area contributed by atoms with Gasteiger partial charge in [-0.3, -0.25) is 27.8 Å². The fourth-order valence-electron chi connectivity index (χ4n) is 9.84. The van der Waals surface area contributed by atoms with Crippen molar-refractivity contribution in [3.63, 3.8) is 0 Å². The van der Waals surface area contributed by atoms with Gasteiger partial charge in [0.2, 0.25) is 5.69 Å². The van der Waals surface area contributed by atoms with E-state index in [1.165, 1.54) is 26.4 Å². The molecule has 6 N–H and O–H groups in total.